The quantitative estimate of drug-likeness (QED) is 0.603. The monoisotopic (exact) mass is 200 g/mol. The second-order valence-electron chi connectivity index (χ2n) is 2.07. The number of thiophene rings is 1. The first-order chi connectivity index (χ1) is 5.79. The minimum absolute atomic E-state index is 0.236. The molecule has 0 bridgehead atoms. The van der Waals surface area contributed by atoms with Crippen LogP contribution in [0.15, 0.2) is 34.4 Å². The molecule has 0 radical (unpaired) electrons. The van der Waals surface area contributed by atoms with Gasteiger partial charge in [0.05, 0.1) is 5.75 Å². The summed E-state index contributed by atoms with van der Waals surface area (Å²) < 4.78 is 10.2. The largest absolute Gasteiger partial charge is 0.591 e. The van der Waals surface area contributed by atoms with Gasteiger partial charge in [0.1, 0.15) is 10.8 Å². The van der Waals surface area contributed by atoms with Crippen molar-refractivity contribution >= 4 is 28.3 Å². The van der Waals surface area contributed by atoms with Crippen molar-refractivity contribution in [2.45, 2.75) is 0 Å². The van der Waals surface area contributed by atoms with Crippen molar-refractivity contribution in [1.82, 2.24) is 0 Å². The van der Waals surface area contributed by atoms with E-state index in [2.05, 4.69) is 0 Å². The molecule has 0 amide bonds. The van der Waals surface area contributed by atoms with Crippen molar-refractivity contribution in [3.05, 3.63) is 34.4 Å². The number of hydrogen-bond acceptors (Lipinski definition) is 3. The summed E-state index contributed by atoms with van der Waals surface area (Å²) in [4.78, 5) is 10.1. The number of thioether (sulfide) groups is 1. The zero-order valence-electron chi connectivity index (χ0n) is 6.30. The third-order valence-corrected chi connectivity index (χ3v) is 2.74. The molecule has 0 spiro atoms. The Morgan fingerprint density at radius 3 is 2.25 bits per heavy atom. The fourth-order valence-electron chi connectivity index (χ4n) is 0.593. The van der Waals surface area contributed by atoms with Gasteiger partial charge in [0.25, 0.3) is 0 Å². The van der Waals surface area contributed by atoms with Gasteiger partial charge in [0, 0.05) is 0 Å². The molecule has 1 aliphatic rings. The summed E-state index contributed by atoms with van der Waals surface area (Å²) in [5.74, 6) is 0.889. The van der Waals surface area contributed by atoms with Crippen LogP contribution in [0.2, 0.25) is 0 Å². The Hall–Kier alpha value is -0.580. The molecule has 0 N–H and O–H groups in total. The SMILES string of the molecule is O=C1C=CSC1.[O-][s+]1cccc1. The number of ketones is 1. The van der Waals surface area contributed by atoms with E-state index in [1.54, 1.807) is 40.7 Å². The maximum atomic E-state index is 10.2. The van der Waals surface area contributed by atoms with Crippen LogP contribution >= 0.6 is 22.5 Å². The molecule has 0 unspecified atom stereocenters. The van der Waals surface area contributed by atoms with E-state index in [0.29, 0.717) is 5.75 Å². The highest BCUT2D eigenvalue weighted by molar-refractivity contribution is 8.03. The molecule has 4 heteroatoms. The maximum absolute atomic E-state index is 10.2. The predicted molar refractivity (Wildman–Crippen MR) is 51.7 cm³/mol. The molecule has 2 nitrogen and oxygen atoms in total. The average molecular weight is 200 g/mol. The van der Waals surface area contributed by atoms with Gasteiger partial charge in [0.15, 0.2) is 5.78 Å². The summed E-state index contributed by atoms with van der Waals surface area (Å²) in [6.07, 6.45) is 1.60. The molecule has 0 saturated heterocycles. The number of carbonyl (C=O) groups excluding carboxylic acids is 1. The van der Waals surface area contributed by atoms with Gasteiger partial charge in [-0.1, -0.05) is 10.8 Å². The van der Waals surface area contributed by atoms with Gasteiger partial charge in [0.2, 0.25) is 0 Å². The molecule has 0 fully saturated rings. The average Bonchev–Trinajstić information content (AvgIpc) is 2.63. The first-order valence-corrected chi connectivity index (χ1v) is 5.67. The Morgan fingerprint density at radius 1 is 1.42 bits per heavy atom. The third-order valence-electron chi connectivity index (χ3n) is 1.11. The summed E-state index contributed by atoms with van der Waals surface area (Å²) in [6, 6.07) is 3.55. The molecule has 1 aromatic rings. The van der Waals surface area contributed by atoms with E-state index in [4.69, 9.17) is 0 Å². The molecule has 2 heterocycles. The van der Waals surface area contributed by atoms with Gasteiger partial charge >= 0.3 is 0 Å². The van der Waals surface area contributed by atoms with Crippen LogP contribution in [0.1, 0.15) is 0 Å². The van der Waals surface area contributed by atoms with Gasteiger partial charge in [-0.25, -0.2) is 0 Å². The lowest BCUT2D eigenvalue weighted by Gasteiger charge is -1.74. The zero-order chi connectivity index (χ0) is 8.81. The van der Waals surface area contributed by atoms with Crippen LogP contribution in [0.5, 0.6) is 0 Å². The second-order valence-corrected chi connectivity index (χ2v) is 4.16. The fourth-order valence-corrected chi connectivity index (χ4v) is 1.78. The summed E-state index contributed by atoms with van der Waals surface area (Å²) in [7, 11) is -0.784. The lowest BCUT2D eigenvalue weighted by molar-refractivity contribution is -0.112. The van der Waals surface area contributed by atoms with E-state index < -0.39 is 10.8 Å². The first-order valence-electron chi connectivity index (χ1n) is 3.34. The Labute approximate surface area is 78.1 Å². The van der Waals surface area contributed by atoms with E-state index in [0.717, 1.165) is 0 Å². The summed E-state index contributed by atoms with van der Waals surface area (Å²) in [5, 5.41) is 5.10. The van der Waals surface area contributed by atoms with Crippen LogP contribution in [0.3, 0.4) is 0 Å². The third kappa shape index (κ3) is 3.71. The topological polar surface area (TPSA) is 40.1 Å². The van der Waals surface area contributed by atoms with E-state index in [1.807, 2.05) is 5.41 Å². The Morgan fingerprint density at radius 2 is 2.08 bits per heavy atom. The Bertz CT molecular complexity index is 265. The second kappa shape index (κ2) is 5.13. The predicted octanol–water partition coefficient (Wildman–Crippen LogP) is 2.23. The van der Waals surface area contributed by atoms with Crippen LogP contribution in [0.25, 0.3) is 0 Å². The van der Waals surface area contributed by atoms with Crippen LogP contribution in [0, 0.1) is 0 Å². The van der Waals surface area contributed by atoms with E-state index in [9.17, 15) is 9.35 Å². The zero-order valence-corrected chi connectivity index (χ0v) is 7.94. The van der Waals surface area contributed by atoms with Crippen LogP contribution in [-0.2, 0) is 4.79 Å². The highest BCUT2D eigenvalue weighted by atomic mass is 32.2. The molecule has 0 aromatic carbocycles. The van der Waals surface area contributed by atoms with Crippen molar-refractivity contribution in [1.29, 1.82) is 0 Å². The highest BCUT2D eigenvalue weighted by Gasteiger charge is 1.99. The molecule has 0 saturated carbocycles. The van der Waals surface area contributed by atoms with Gasteiger partial charge in [-0.05, 0) is 23.6 Å². The van der Waals surface area contributed by atoms with Crippen LogP contribution in [-0.4, -0.2) is 16.1 Å². The number of hydrogen-bond donors (Lipinski definition) is 0. The van der Waals surface area contributed by atoms with Crippen molar-refractivity contribution in [3.63, 3.8) is 0 Å². The van der Waals surface area contributed by atoms with Gasteiger partial charge in [-0.2, -0.15) is 0 Å². The lowest BCUT2D eigenvalue weighted by Crippen LogP contribution is -1.86. The molecule has 1 aromatic heterocycles. The molecule has 12 heavy (non-hydrogen) atoms. The van der Waals surface area contributed by atoms with E-state index >= 15 is 0 Å². The molecule has 1 aliphatic heterocycles. The first kappa shape index (κ1) is 9.51. The van der Waals surface area contributed by atoms with Gasteiger partial charge < -0.3 is 4.55 Å². The highest BCUT2D eigenvalue weighted by Crippen LogP contribution is 2.08. The van der Waals surface area contributed by atoms with Crippen molar-refractivity contribution in [2.24, 2.45) is 0 Å². The smallest absolute Gasteiger partial charge is 0.166 e. The van der Waals surface area contributed by atoms with Crippen molar-refractivity contribution < 1.29 is 9.35 Å². The minimum atomic E-state index is -0.784. The number of rotatable bonds is 0. The molecule has 0 aliphatic carbocycles. The van der Waals surface area contributed by atoms with E-state index in [1.165, 1.54) is 0 Å². The summed E-state index contributed by atoms with van der Waals surface area (Å²) in [5.41, 5.74) is 0. The number of carbonyl (C=O) groups is 1. The molecule has 2 rings (SSSR count). The molecular weight excluding hydrogens is 192 g/mol. The lowest BCUT2D eigenvalue weighted by atomic mass is 10.5. The fraction of sp³-hybridized carbons (Fsp3) is 0.125. The molecule has 64 valence electrons. The molecule has 0 atom stereocenters. The van der Waals surface area contributed by atoms with Crippen molar-refractivity contribution in [2.75, 3.05) is 5.75 Å². The number of allylic oxidation sites excluding steroid dienone is 1. The Kier molecular flexibility index (Phi) is 4.07. The van der Waals surface area contributed by atoms with Crippen molar-refractivity contribution in [3.8, 4) is 0 Å². The van der Waals surface area contributed by atoms with Crippen LogP contribution < -0.4 is 0 Å². The normalized spacial score (nSPS) is 14.2. The maximum Gasteiger partial charge on any atom is 0.166 e. The minimum Gasteiger partial charge on any atom is -0.591 e. The van der Waals surface area contributed by atoms with Gasteiger partial charge in [-0.15, -0.1) is 11.8 Å². The van der Waals surface area contributed by atoms with E-state index in [-0.39, 0.29) is 5.78 Å². The summed E-state index contributed by atoms with van der Waals surface area (Å²) >= 11 is 1.55. The van der Waals surface area contributed by atoms with Crippen LogP contribution in [0.4, 0.5) is 0 Å². The van der Waals surface area contributed by atoms with Gasteiger partial charge in [-0.3, -0.25) is 4.79 Å². The Balaban J connectivity index is 0.000000120. The molecular formula is C8H8O2S2. The standard InChI is InChI=1S/2C4H4OS/c5-4-1-2-6-3-4;5-6-3-1-2-4-6/h1-2H,3H2;1-4H. The summed E-state index contributed by atoms with van der Waals surface area (Å²) in [6.45, 7) is 0.